The first-order valence-corrected chi connectivity index (χ1v) is 13.1. The largest absolute Gasteiger partial charge is 0.472 e. The molecular formula is C29H36O9. The van der Waals surface area contributed by atoms with E-state index in [0.717, 1.165) is 11.1 Å². The zero-order chi connectivity index (χ0) is 27.8. The Balaban J connectivity index is 1.66. The van der Waals surface area contributed by atoms with Crippen molar-refractivity contribution in [3.05, 3.63) is 36.3 Å². The second-order valence-corrected chi connectivity index (χ2v) is 12.3. The van der Waals surface area contributed by atoms with Gasteiger partial charge in [0, 0.05) is 41.1 Å². The summed E-state index contributed by atoms with van der Waals surface area (Å²) in [5.41, 5.74) is -2.10. The third-order valence-corrected chi connectivity index (χ3v) is 10.2. The minimum atomic E-state index is -1.31. The molecule has 2 saturated carbocycles. The fraction of sp³-hybridized carbons (Fsp3) is 0.655. The van der Waals surface area contributed by atoms with Crippen LogP contribution in [0.3, 0.4) is 0 Å². The highest BCUT2D eigenvalue weighted by Gasteiger charge is 2.74. The Morgan fingerprint density at radius 3 is 2.50 bits per heavy atom. The molecule has 1 aromatic heterocycles. The smallest absolute Gasteiger partial charge is 0.347 e. The standard InChI is InChI=1S/C29H36O9/c1-15-18-8-10-27(5)24(17-9-11-35-14-17)37-21(32)13-29(15,27)38-20-12-19(31)26(3,4)23(28(18,20)6)22(25(33)34-7)36-16(2)30/h9,11,14,18,20,22-24H,1,8,10,12-13H2,2-7H3/t18-,20+,22-,23-,24+,27-,28-,29+/m1/s1. The van der Waals surface area contributed by atoms with E-state index < -0.39 is 64.0 Å². The average Bonchev–Trinajstić information content (AvgIpc) is 3.36. The number of esters is 3. The lowest BCUT2D eigenvalue weighted by Crippen LogP contribution is -2.74. The van der Waals surface area contributed by atoms with Crippen LogP contribution in [0.5, 0.6) is 0 Å². The highest BCUT2D eigenvalue weighted by atomic mass is 16.6. The number of hydrogen-bond donors (Lipinski definition) is 0. The van der Waals surface area contributed by atoms with Crippen molar-refractivity contribution in [1.29, 1.82) is 0 Å². The van der Waals surface area contributed by atoms with Crippen molar-refractivity contribution in [2.75, 3.05) is 7.11 Å². The number of rotatable bonds is 4. The maximum Gasteiger partial charge on any atom is 0.347 e. The van der Waals surface area contributed by atoms with E-state index in [4.69, 9.17) is 23.4 Å². The molecule has 0 N–H and O–H groups in total. The third-order valence-electron chi connectivity index (χ3n) is 10.2. The van der Waals surface area contributed by atoms with Crippen molar-refractivity contribution in [3.8, 4) is 0 Å². The number of fused-ring (bicyclic) bond motifs is 3. The van der Waals surface area contributed by atoms with Gasteiger partial charge in [-0.2, -0.15) is 0 Å². The number of methoxy groups -OCH3 is 1. The van der Waals surface area contributed by atoms with Gasteiger partial charge >= 0.3 is 17.9 Å². The minimum Gasteiger partial charge on any atom is -0.472 e. The number of hydrogen-bond acceptors (Lipinski definition) is 9. The Labute approximate surface area is 222 Å². The van der Waals surface area contributed by atoms with Crippen LogP contribution in [0.4, 0.5) is 0 Å². The van der Waals surface area contributed by atoms with Gasteiger partial charge in [0.1, 0.15) is 17.5 Å². The predicted octanol–water partition coefficient (Wildman–Crippen LogP) is 4.10. The Morgan fingerprint density at radius 2 is 1.89 bits per heavy atom. The van der Waals surface area contributed by atoms with Crippen LogP contribution in [-0.2, 0) is 38.1 Å². The topological polar surface area (TPSA) is 118 Å². The fourth-order valence-electron chi connectivity index (χ4n) is 8.34. The molecule has 2 saturated heterocycles. The molecule has 5 rings (SSSR count). The van der Waals surface area contributed by atoms with Crippen molar-refractivity contribution in [3.63, 3.8) is 0 Å². The van der Waals surface area contributed by atoms with Crippen LogP contribution in [0.1, 0.15) is 72.0 Å². The summed E-state index contributed by atoms with van der Waals surface area (Å²) in [6, 6.07) is 1.78. The van der Waals surface area contributed by atoms with Gasteiger partial charge in [-0.1, -0.05) is 34.3 Å². The third kappa shape index (κ3) is 3.33. The van der Waals surface area contributed by atoms with Crippen LogP contribution in [0.25, 0.3) is 0 Å². The van der Waals surface area contributed by atoms with Crippen molar-refractivity contribution >= 4 is 23.7 Å². The second kappa shape index (κ2) is 8.53. The second-order valence-electron chi connectivity index (χ2n) is 12.3. The first-order valence-electron chi connectivity index (χ1n) is 13.1. The van der Waals surface area contributed by atoms with Crippen LogP contribution in [0.2, 0.25) is 0 Å². The Hall–Kier alpha value is -2.94. The van der Waals surface area contributed by atoms with Crippen molar-refractivity contribution < 1.29 is 42.5 Å². The molecule has 38 heavy (non-hydrogen) atoms. The maximum absolute atomic E-state index is 13.7. The molecule has 8 atom stereocenters. The summed E-state index contributed by atoms with van der Waals surface area (Å²) in [7, 11) is 1.23. The summed E-state index contributed by atoms with van der Waals surface area (Å²) < 4.78 is 28.8. The van der Waals surface area contributed by atoms with Crippen LogP contribution >= 0.6 is 0 Å². The molecule has 4 fully saturated rings. The van der Waals surface area contributed by atoms with E-state index in [1.165, 1.54) is 14.0 Å². The van der Waals surface area contributed by atoms with Gasteiger partial charge in [-0.05, 0) is 30.4 Å². The van der Waals surface area contributed by atoms with E-state index in [1.54, 1.807) is 32.4 Å². The van der Waals surface area contributed by atoms with Crippen LogP contribution in [-0.4, -0.2) is 48.6 Å². The van der Waals surface area contributed by atoms with Gasteiger partial charge in [0.05, 0.1) is 32.2 Å². The SMILES string of the molecule is C=C1[C@H]2CC[C@]3(C)[C@H](c4ccoc4)OC(=O)C[C@]13O[C@H]1CC(=O)C(C)(C)[C@@H]([C@@H](OC(C)=O)C(=O)OC)[C@@]12C. The number of ether oxygens (including phenoxy) is 4. The highest BCUT2D eigenvalue weighted by molar-refractivity contribution is 5.89. The number of furan rings is 1. The lowest BCUT2D eigenvalue weighted by atomic mass is 9.41. The Kier molecular flexibility index (Phi) is 5.98. The molecule has 9 nitrogen and oxygen atoms in total. The molecule has 0 aromatic carbocycles. The molecule has 3 heterocycles. The normalized spacial score (nSPS) is 40.3. The monoisotopic (exact) mass is 528 g/mol. The van der Waals surface area contributed by atoms with Crippen molar-refractivity contribution in [2.24, 2.45) is 28.1 Å². The zero-order valence-corrected chi connectivity index (χ0v) is 22.8. The van der Waals surface area contributed by atoms with E-state index in [-0.39, 0.29) is 24.5 Å². The summed E-state index contributed by atoms with van der Waals surface area (Å²) in [4.78, 5) is 52.0. The van der Waals surface area contributed by atoms with E-state index in [1.807, 2.05) is 13.8 Å². The van der Waals surface area contributed by atoms with Crippen molar-refractivity contribution in [1.82, 2.24) is 0 Å². The molecule has 9 heteroatoms. The predicted molar refractivity (Wildman–Crippen MR) is 132 cm³/mol. The van der Waals surface area contributed by atoms with Crippen LogP contribution < -0.4 is 0 Å². The quantitative estimate of drug-likeness (QED) is 0.323. The lowest BCUT2D eigenvalue weighted by molar-refractivity contribution is -0.303. The highest BCUT2D eigenvalue weighted by Crippen LogP contribution is 2.71. The number of cyclic esters (lactones) is 1. The fourth-order valence-corrected chi connectivity index (χ4v) is 8.34. The number of carbonyl (C=O) groups excluding carboxylic acids is 4. The van der Waals surface area contributed by atoms with Crippen LogP contribution in [0.15, 0.2) is 35.2 Å². The van der Waals surface area contributed by atoms with Gasteiger partial charge in [-0.25, -0.2) is 4.79 Å². The summed E-state index contributed by atoms with van der Waals surface area (Å²) >= 11 is 0. The molecule has 1 spiro atoms. The summed E-state index contributed by atoms with van der Waals surface area (Å²) in [6.45, 7) is 13.4. The van der Waals surface area contributed by atoms with Gasteiger partial charge in [0.25, 0.3) is 0 Å². The molecule has 2 aliphatic carbocycles. The van der Waals surface area contributed by atoms with Gasteiger partial charge < -0.3 is 23.4 Å². The summed E-state index contributed by atoms with van der Waals surface area (Å²) in [5.74, 6) is -2.85. The van der Waals surface area contributed by atoms with Crippen LogP contribution in [0, 0.1) is 28.1 Å². The van der Waals surface area contributed by atoms with E-state index in [9.17, 15) is 19.2 Å². The molecule has 2 bridgehead atoms. The molecular weight excluding hydrogens is 492 g/mol. The zero-order valence-electron chi connectivity index (χ0n) is 22.8. The molecule has 0 amide bonds. The molecule has 206 valence electrons. The number of carbonyl (C=O) groups is 4. The average molecular weight is 529 g/mol. The Morgan fingerprint density at radius 1 is 1.18 bits per heavy atom. The molecule has 0 radical (unpaired) electrons. The molecule has 0 unspecified atom stereocenters. The van der Waals surface area contributed by atoms with Gasteiger partial charge in [-0.3, -0.25) is 14.4 Å². The van der Waals surface area contributed by atoms with E-state index >= 15 is 0 Å². The Bertz CT molecular complexity index is 1200. The number of ketones is 1. The molecule has 4 aliphatic rings. The number of Topliss-reactive ketones (excluding diaryl/α,β-unsaturated/α-hetero) is 1. The molecule has 2 aliphatic heterocycles. The van der Waals surface area contributed by atoms with E-state index in [0.29, 0.717) is 12.8 Å². The molecule has 1 aromatic rings. The minimum absolute atomic E-state index is 0.0214. The van der Waals surface area contributed by atoms with Gasteiger partial charge in [0.15, 0.2) is 0 Å². The maximum atomic E-state index is 13.7. The first-order chi connectivity index (χ1) is 17.7. The summed E-state index contributed by atoms with van der Waals surface area (Å²) in [5, 5.41) is 0. The first kappa shape index (κ1) is 26.7. The lowest BCUT2D eigenvalue weighted by Gasteiger charge is -2.70. The van der Waals surface area contributed by atoms with Gasteiger partial charge in [0.2, 0.25) is 6.10 Å². The van der Waals surface area contributed by atoms with Crippen molar-refractivity contribution in [2.45, 2.75) is 84.2 Å². The van der Waals surface area contributed by atoms with Gasteiger partial charge in [-0.15, -0.1) is 0 Å². The van der Waals surface area contributed by atoms with E-state index in [2.05, 4.69) is 6.58 Å². The summed E-state index contributed by atoms with van der Waals surface area (Å²) in [6.07, 6.45) is 1.93.